The summed E-state index contributed by atoms with van der Waals surface area (Å²) >= 11 is 5.08. The van der Waals surface area contributed by atoms with E-state index < -0.39 is 0 Å². The van der Waals surface area contributed by atoms with Crippen molar-refractivity contribution in [1.29, 1.82) is 0 Å². The Morgan fingerprint density at radius 1 is 1.50 bits per heavy atom. The number of rotatable bonds is 5. The number of esters is 1. The van der Waals surface area contributed by atoms with Gasteiger partial charge in [0.15, 0.2) is 0 Å². The van der Waals surface area contributed by atoms with Gasteiger partial charge in [-0.1, -0.05) is 22.0 Å². The number of halogens is 1. The molecule has 1 heterocycles. The van der Waals surface area contributed by atoms with Crippen LogP contribution in [0.4, 0.5) is 5.69 Å². The number of hydrogen-bond acceptors (Lipinski definition) is 5. The summed E-state index contributed by atoms with van der Waals surface area (Å²) in [5, 5.41) is 2.85. The van der Waals surface area contributed by atoms with Crippen molar-refractivity contribution in [3.05, 3.63) is 28.7 Å². The van der Waals surface area contributed by atoms with Gasteiger partial charge in [-0.2, -0.15) is 11.8 Å². The largest absolute Gasteiger partial charge is 0.465 e. The zero-order valence-electron chi connectivity index (χ0n) is 12.4. The second-order valence-electron chi connectivity index (χ2n) is 4.87. The highest BCUT2D eigenvalue weighted by molar-refractivity contribution is 9.10. The molecule has 1 aromatic rings. The summed E-state index contributed by atoms with van der Waals surface area (Å²) in [4.78, 5) is 26.1. The minimum atomic E-state index is -0.341. The molecule has 0 spiro atoms. The number of benzene rings is 1. The molecule has 2 rings (SSSR count). The fraction of sp³-hybridized carbons (Fsp3) is 0.467. The van der Waals surface area contributed by atoms with Gasteiger partial charge in [0, 0.05) is 28.2 Å². The van der Waals surface area contributed by atoms with Crippen LogP contribution in [-0.2, 0) is 14.3 Å². The van der Waals surface area contributed by atoms with Crippen molar-refractivity contribution in [3.8, 4) is 0 Å². The lowest BCUT2D eigenvalue weighted by Crippen LogP contribution is -2.50. The van der Waals surface area contributed by atoms with Gasteiger partial charge >= 0.3 is 5.97 Å². The topological polar surface area (TPSA) is 58.6 Å². The minimum absolute atomic E-state index is 0.126. The van der Waals surface area contributed by atoms with E-state index in [1.165, 1.54) is 0 Å². The maximum absolute atomic E-state index is 12.2. The van der Waals surface area contributed by atoms with E-state index in [-0.39, 0.29) is 24.5 Å². The lowest BCUT2D eigenvalue weighted by molar-refractivity contribution is -0.148. The number of carbonyl (C=O) groups is 2. The van der Waals surface area contributed by atoms with E-state index in [0.29, 0.717) is 18.9 Å². The van der Waals surface area contributed by atoms with E-state index in [0.717, 1.165) is 15.9 Å². The predicted octanol–water partition coefficient (Wildman–Crippen LogP) is 2.37. The summed E-state index contributed by atoms with van der Waals surface area (Å²) in [6.45, 7) is 3.05. The molecule has 0 radical (unpaired) electrons. The van der Waals surface area contributed by atoms with Crippen LogP contribution >= 0.6 is 27.7 Å². The second kappa shape index (κ2) is 8.55. The molecule has 1 atom stereocenters. The normalized spacial score (nSPS) is 18.7. The van der Waals surface area contributed by atoms with Gasteiger partial charge in [-0.05, 0) is 25.1 Å². The molecular formula is C15H19BrN2O3S. The number of carbonyl (C=O) groups excluding carboxylic acids is 2. The third-order valence-electron chi connectivity index (χ3n) is 3.25. The van der Waals surface area contributed by atoms with Gasteiger partial charge in [0.25, 0.3) is 0 Å². The molecule has 5 nitrogen and oxygen atoms in total. The standard InChI is InChI=1S/C15H19BrN2O3S/c1-2-21-15(20)13-10-22-7-6-18(13)9-14(19)17-12-5-3-4-11(16)8-12/h3-5,8,13H,2,6-7,9-10H2,1H3,(H,17,19)/t13-/m1/s1. The van der Waals surface area contributed by atoms with Gasteiger partial charge in [0.2, 0.25) is 5.91 Å². The van der Waals surface area contributed by atoms with Gasteiger partial charge in [-0.15, -0.1) is 0 Å². The third-order valence-corrected chi connectivity index (χ3v) is 4.77. The average molecular weight is 387 g/mol. The molecule has 0 saturated carbocycles. The maximum Gasteiger partial charge on any atom is 0.324 e. The fourth-order valence-corrected chi connectivity index (χ4v) is 3.73. The third kappa shape index (κ3) is 5.00. The highest BCUT2D eigenvalue weighted by atomic mass is 79.9. The van der Waals surface area contributed by atoms with Crippen molar-refractivity contribution in [2.75, 3.05) is 36.5 Å². The maximum atomic E-state index is 12.2. The van der Waals surface area contributed by atoms with Crippen LogP contribution in [0.15, 0.2) is 28.7 Å². The SMILES string of the molecule is CCOC(=O)[C@H]1CSCCN1CC(=O)Nc1cccc(Br)c1. The molecule has 1 aromatic carbocycles. The predicted molar refractivity (Wildman–Crippen MR) is 92.1 cm³/mol. The lowest BCUT2D eigenvalue weighted by atomic mass is 10.2. The molecule has 120 valence electrons. The molecule has 1 fully saturated rings. The Bertz CT molecular complexity index is 541. The Morgan fingerprint density at radius 3 is 3.05 bits per heavy atom. The van der Waals surface area contributed by atoms with E-state index >= 15 is 0 Å². The van der Waals surface area contributed by atoms with Crippen LogP contribution in [0.25, 0.3) is 0 Å². The Morgan fingerprint density at radius 2 is 2.32 bits per heavy atom. The monoisotopic (exact) mass is 386 g/mol. The van der Waals surface area contributed by atoms with Crippen molar-refractivity contribution < 1.29 is 14.3 Å². The lowest BCUT2D eigenvalue weighted by Gasteiger charge is -2.32. The summed E-state index contributed by atoms with van der Waals surface area (Å²) < 4.78 is 6.00. The minimum Gasteiger partial charge on any atom is -0.465 e. The molecule has 0 aliphatic carbocycles. The molecule has 22 heavy (non-hydrogen) atoms. The van der Waals surface area contributed by atoms with E-state index in [9.17, 15) is 9.59 Å². The number of thioether (sulfide) groups is 1. The molecule has 0 aromatic heterocycles. The molecule has 7 heteroatoms. The van der Waals surface area contributed by atoms with Crippen molar-refractivity contribution in [2.45, 2.75) is 13.0 Å². The Kier molecular flexibility index (Phi) is 6.72. The van der Waals surface area contributed by atoms with Crippen LogP contribution in [0, 0.1) is 0 Å². The van der Waals surface area contributed by atoms with Gasteiger partial charge < -0.3 is 10.1 Å². The number of ether oxygens (including phenoxy) is 1. The molecule has 1 aliphatic heterocycles. The molecule has 0 unspecified atom stereocenters. The van der Waals surface area contributed by atoms with E-state index in [2.05, 4.69) is 21.2 Å². The highest BCUT2D eigenvalue weighted by Crippen LogP contribution is 2.19. The quantitative estimate of drug-likeness (QED) is 0.787. The first-order valence-corrected chi connectivity index (χ1v) is 9.08. The van der Waals surface area contributed by atoms with Crippen LogP contribution in [0.2, 0.25) is 0 Å². The van der Waals surface area contributed by atoms with Crippen LogP contribution in [0.1, 0.15) is 6.92 Å². The summed E-state index contributed by atoms with van der Waals surface area (Å²) in [5.41, 5.74) is 0.735. The van der Waals surface area contributed by atoms with Gasteiger partial charge in [0.05, 0.1) is 13.2 Å². The first-order chi connectivity index (χ1) is 10.6. The highest BCUT2D eigenvalue weighted by Gasteiger charge is 2.31. The van der Waals surface area contributed by atoms with E-state index in [1.807, 2.05) is 29.2 Å². The number of nitrogens with one attached hydrogen (secondary N) is 1. The van der Waals surface area contributed by atoms with Crippen molar-refractivity contribution in [2.24, 2.45) is 0 Å². The van der Waals surface area contributed by atoms with Crippen LogP contribution in [0.3, 0.4) is 0 Å². The summed E-state index contributed by atoms with van der Waals surface area (Å²) in [6, 6.07) is 7.09. The first-order valence-electron chi connectivity index (χ1n) is 7.14. The van der Waals surface area contributed by atoms with Crippen molar-refractivity contribution in [3.63, 3.8) is 0 Å². The number of amides is 1. The van der Waals surface area contributed by atoms with Crippen LogP contribution in [0.5, 0.6) is 0 Å². The zero-order valence-corrected chi connectivity index (χ0v) is 14.8. The Hall–Kier alpha value is -1.05. The smallest absolute Gasteiger partial charge is 0.324 e. The number of anilines is 1. The molecule has 1 N–H and O–H groups in total. The zero-order chi connectivity index (χ0) is 15.9. The van der Waals surface area contributed by atoms with E-state index in [4.69, 9.17) is 4.74 Å². The summed E-state index contributed by atoms with van der Waals surface area (Å²) in [6.07, 6.45) is 0. The fourth-order valence-electron chi connectivity index (χ4n) is 2.23. The second-order valence-corrected chi connectivity index (χ2v) is 6.94. The van der Waals surface area contributed by atoms with Gasteiger partial charge in [0.1, 0.15) is 6.04 Å². The van der Waals surface area contributed by atoms with Crippen molar-refractivity contribution >= 4 is 45.3 Å². The molecule has 0 bridgehead atoms. The number of hydrogen-bond donors (Lipinski definition) is 1. The summed E-state index contributed by atoms with van der Waals surface area (Å²) in [5.74, 6) is 1.22. The molecule has 1 saturated heterocycles. The Labute approximate surface area is 142 Å². The van der Waals surface area contributed by atoms with Gasteiger partial charge in [-0.3, -0.25) is 14.5 Å². The van der Waals surface area contributed by atoms with Crippen LogP contribution in [-0.4, -0.2) is 54.0 Å². The van der Waals surface area contributed by atoms with E-state index in [1.54, 1.807) is 18.7 Å². The molecule has 1 aliphatic rings. The average Bonchev–Trinajstić information content (AvgIpc) is 2.48. The first kappa shape index (κ1) is 17.3. The van der Waals surface area contributed by atoms with Crippen LogP contribution < -0.4 is 5.32 Å². The van der Waals surface area contributed by atoms with Gasteiger partial charge in [-0.25, -0.2) is 0 Å². The number of nitrogens with zero attached hydrogens (tertiary/aromatic N) is 1. The molecular weight excluding hydrogens is 368 g/mol. The summed E-state index contributed by atoms with van der Waals surface area (Å²) in [7, 11) is 0. The molecule has 1 amide bonds. The Balaban J connectivity index is 1.94. The van der Waals surface area contributed by atoms with Crippen molar-refractivity contribution in [1.82, 2.24) is 4.90 Å².